The summed E-state index contributed by atoms with van der Waals surface area (Å²) in [5.41, 5.74) is 1.85. The third-order valence-electron chi connectivity index (χ3n) is 4.14. The standard InChI is InChI=1S/C18H20N2O5S/c1-2-20-16-10-9-15(12-17(16)25-18(20)22)26(23,24)19-11-3-4-13-5-7-14(21)8-6-13/h5-10,12,19,21H,2-4,11H2,1H3. The van der Waals surface area contributed by atoms with Crippen LogP contribution in [0.2, 0.25) is 0 Å². The summed E-state index contributed by atoms with van der Waals surface area (Å²) in [6.45, 7) is 2.55. The monoisotopic (exact) mass is 376 g/mol. The molecule has 138 valence electrons. The zero-order valence-electron chi connectivity index (χ0n) is 14.3. The fraction of sp³-hybridized carbons (Fsp3) is 0.278. The number of rotatable bonds is 7. The van der Waals surface area contributed by atoms with Gasteiger partial charge in [-0.1, -0.05) is 12.1 Å². The summed E-state index contributed by atoms with van der Waals surface area (Å²) in [6, 6.07) is 11.2. The lowest BCUT2D eigenvalue weighted by atomic mass is 10.1. The van der Waals surface area contributed by atoms with Gasteiger partial charge in [0.2, 0.25) is 10.0 Å². The minimum absolute atomic E-state index is 0.0617. The highest BCUT2D eigenvalue weighted by Crippen LogP contribution is 2.18. The molecule has 2 N–H and O–H groups in total. The van der Waals surface area contributed by atoms with E-state index in [-0.39, 0.29) is 22.8 Å². The predicted octanol–water partition coefficient (Wildman–Crippen LogP) is 2.23. The molecule has 0 aliphatic carbocycles. The maximum absolute atomic E-state index is 12.4. The quantitative estimate of drug-likeness (QED) is 0.616. The first-order chi connectivity index (χ1) is 12.4. The fourth-order valence-corrected chi connectivity index (χ4v) is 3.85. The molecule has 0 aliphatic heterocycles. The van der Waals surface area contributed by atoms with Crippen LogP contribution in [0, 0.1) is 0 Å². The highest BCUT2D eigenvalue weighted by atomic mass is 32.2. The SMILES string of the molecule is CCn1c(=O)oc2cc(S(=O)(=O)NCCCc3ccc(O)cc3)ccc21. The Morgan fingerprint density at radius 1 is 1.15 bits per heavy atom. The van der Waals surface area contributed by atoms with Crippen molar-refractivity contribution in [3.63, 3.8) is 0 Å². The zero-order valence-corrected chi connectivity index (χ0v) is 15.1. The summed E-state index contributed by atoms with van der Waals surface area (Å²) < 4.78 is 34.0. The van der Waals surface area contributed by atoms with Crippen LogP contribution in [0.3, 0.4) is 0 Å². The van der Waals surface area contributed by atoms with E-state index in [1.807, 2.05) is 6.92 Å². The smallest absolute Gasteiger partial charge is 0.419 e. The number of aromatic hydroxyl groups is 1. The van der Waals surface area contributed by atoms with Crippen LogP contribution in [-0.4, -0.2) is 24.6 Å². The lowest BCUT2D eigenvalue weighted by molar-refractivity contribution is 0.475. The van der Waals surface area contributed by atoms with E-state index in [9.17, 15) is 18.3 Å². The van der Waals surface area contributed by atoms with Crippen LogP contribution in [0.1, 0.15) is 18.9 Å². The number of nitrogens with zero attached hydrogens (tertiary/aromatic N) is 1. The molecule has 0 radical (unpaired) electrons. The van der Waals surface area contributed by atoms with Crippen molar-refractivity contribution in [1.82, 2.24) is 9.29 Å². The second kappa shape index (κ2) is 7.35. The van der Waals surface area contributed by atoms with Crippen molar-refractivity contribution >= 4 is 21.1 Å². The van der Waals surface area contributed by atoms with E-state index in [1.165, 1.54) is 16.7 Å². The lowest BCUT2D eigenvalue weighted by Gasteiger charge is -2.07. The van der Waals surface area contributed by atoms with E-state index in [2.05, 4.69) is 4.72 Å². The predicted molar refractivity (Wildman–Crippen MR) is 97.8 cm³/mol. The van der Waals surface area contributed by atoms with Gasteiger partial charge in [0.1, 0.15) is 5.75 Å². The van der Waals surface area contributed by atoms with Crippen molar-refractivity contribution in [1.29, 1.82) is 0 Å². The van der Waals surface area contributed by atoms with Crippen LogP contribution in [0.5, 0.6) is 5.75 Å². The average molecular weight is 376 g/mol. The number of phenols is 1. The van der Waals surface area contributed by atoms with E-state index < -0.39 is 15.8 Å². The molecule has 0 saturated carbocycles. The van der Waals surface area contributed by atoms with Crippen molar-refractivity contribution in [2.75, 3.05) is 6.54 Å². The number of aromatic nitrogens is 1. The average Bonchev–Trinajstić information content (AvgIpc) is 2.94. The van der Waals surface area contributed by atoms with Crippen LogP contribution in [-0.2, 0) is 23.0 Å². The summed E-state index contributed by atoms with van der Waals surface area (Å²) in [7, 11) is -3.68. The van der Waals surface area contributed by atoms with E-state index in [0.29, 0.717) is 24.9 Å². The van der Waals surface area contributed by atoms with Crippen molar-refractivity contribution in [3.8, 4) is 5.75 Å². The summed E-state index contributed by atoms with van der Waals surface area (Å²) in [5.74, 6) is -0.299. The van der Waals surface area contributed by atoms with Crippen LogP contribution in [0.4, 0.5) is 0 Å². The molecule has 0 amide bonds. The molecule has 3 rings (SSSR count). The maximum Gasteiger partial charge on any atom is 0.419 e. The number of nitrogens with one attached hydrogen (secondary N) is 1. The minimum atomic E-state index is -3.68. The van der Waals surface area contributed by atoms with E-state index in [0.717, 1.165) is 5.56 Å². The van der Waals surface area contributed by atoms with E-state index >= 15 is 0 Å². The van der Waals surface area contributed by atoms with Gasteiger partial charge in [0.25, 0.3) is 0 Å². The Kier molecular flexibility index (Phi) is 5.15. The first-order valence-electron chi connectivity index (χ1n) is 8.31. The molecule has 2 aromatic carbocycles. The number of oxazole rings is 1. The largest absolute Gasteiger partial charge is 0.508 e. The third kappa shape index (κ3) is 3.81. The van der Waals surface area contributed by atoms with Gasteiger partial charge in [-0.25, -0.2) is 17.9 Å². The van der Waals surface area contributed by atoms with E-state index in [4.69, 9.17) is 4.42 Å². The van der Waals surface area contributed by atoms with Gasteiger partial charge in [-0.3, -0.25) is 4.57 Å². The molecule has 26 heavy (non-hydrogen) atoms. The van der Waals surface area contributed by atoms with Crippen molar-refractivity contribution in [2.45, 2.75) is 31.2 Å². The third-order valence-corrected chi connectivity index (χ3v) is 5.60. The second-order valence-corrected chi connectivity index (χ2v) is 7.68. The van der Waals surface area contributed by atoms with Gasteiger partial charge in [0.15, 0.2) is 5.58 Å². The lowest BCUT2D eigenvalue weighted by Crippen LogP contribution is -2.25. The summed E-state index contributed by atoms with van der Waals surface area (Å²) in [4.78, 5) is 11.8. The van der Waals surface area contributed by atoms with Gasteiger partial charge < -0.3 is 9.52 Å². The molecule has 1 heterocycles. The Morgan fingerprint density at radius 3 is 2.58 bits per heavy atom. The molecular formula is C18H20N2O5S. The molecule has 0 fully saturated rings. The highest BCUT2D eigenvalue weighted by Gasteiger charge is 2.16. The summed E-state index contributed by atoms with van der Waals surface area (Å²) in [6.07, 6.45) is 1.31. The molecule has 3 aromatic rings. The number of phenolic OH excluding ortho intramolecular Hbond substituents is 1. The Balaban J connectivity index is 1.67. The molecule has 0 spiro atoms. The maximum atomic E-state index is 12.4. The number of hydrogen-bond acceptors (Lipinski definition) is 5. The summed E-state index contributed by atoms with van der Waals surface area (Å²) in [5, 5.41) is 9.25. The molecule has 0 saturated heterocycles. The Hall–Kier alpha value is -2.58. The van der Waals surface area contributed by atoms with Crippen molar-refractivity contribution < 1.29 is 17.9 Å². The Bertz CT molecular complexity index is 1070. The second-order valence-electron chi connectivity index (χ2n) is 5.91. The zero-order chi connectivity index (χ0) is 18.7. The first kappa shape index (κ1) is 18.2. The number of aryl methyl sites for hydroxylation is 2. The van der Waals surface area contributed by atoms with Crippen molar-refractivity contribution in [3.05, 3.63) is 58.6 Å². The topological polar surface area (TPSA) is 102 Å². The molecular weight excluding hydrogens is 356 g/mol. The minimum Gasteiger partial charge on any atom is -0.508 e. The molecule has 1 aromatic heterocycles. The van der Waals surface area contributed by atoms with Crippen LogP contribution in [0.25, 0.3) is 11.1 Å². The molecule has 8 heteroatoms. The normalized spacial score (nSPS) is 11.9. The number of sulfonamides is 1. The van der Waals surface area contributed by atoms with Gasteiger partial charge in [-0.05, 0) is 49.6 Å². The number of benzene rings is 2. The van der Waals surface area contributed by atoms with Crippen molar-refractivity contribution in [2.24, 2.45) is 0 Å². The van der Waals surface area contributed by atoms with E-state index in [1.54, 1.807) is 30.3 Å². The summed E-state index contributed by atoms with van der Waals surface area (Å²) >= 11 is 0. The molecule has 0 unspecified atom stereocenters. The van der Waals surface area contributed by atoms with Gasteiger partial charge in [0, 0.05) is 19.2 Å². The fourth-order valence-electron chi connectivity index (χ4n) is 2.76. The molecule has 0 bridgehead atoms. The first-order valence-corrected chi connectivity index (χ1v) is 9.80. The van der Waals surface area contributed by atoms with Gasteiger partial charge in [0.05, 0.1) is 10.4 Å². The van der Waals surface area contributed by atoms with Crippen LogP contribution < -0.4 is 10.5 Å². The van der Waals surface area contributed by atoms with Crippen LogP contribution in [0.15, 0.2) is 56.6 Å². The van der Waals surface area contributed by atoms with Crippen LogP contribution >= 0.6 is 0 Å². The van der Waals surface area contributed by atoms with Gasteiger partial charge >= 0.3 is 5.76 Å². The molecule has 0 atom stereocenters. The number of hydrogen-bond donors (Lipinski definition) is 2. The molecule has 7 nitrogen and oxygen atoms in total. The Morgan fingerprint density at radius 2 is 1.88 bits per heavy atom. The number of fused-ring (bicyclic) bond motifs is 1. The highest BCUT2D eigenvalue weighted by molar-refractivity contribution is 7.89. The van der Waals surface area contributed by atoms with Gasteiger partial charge in [-0.2, -0.15) is 0 Å². The van der Waals surface area contributed by atoms with Gasteiger partial charge in [-0.15, -0.1) is 0 Å². The molecule has 0 aliphatic rings. The Labute approximate surface area is 150 Å².